The number of nitrogens with two attached hydrogens (primary N) is 1. The maximum atomic E-state index is 11.3. The van der Waals surface area contributed by atoms with Crippen LogP contribution in [0.1, 0.15) is 24.2 Å². The Morgan fingerprint density at radius 3 is 2.50 bits per heavy atom. The minimum atomic E-state index is -1.05. The molecular formula is C14H22ClN3O2. The van der Waals surface area contributed by atoms with Crippen LogP contribution in [0, 0.1) is 5.92 Å². The summed E-state index contributed by atoms with van der Waals surface area (Å²) in [7, 11) is 3.94. The smallest absolute Gasteiger partial charge is 0.337 e. The lowest BCUT2D eigenvalue weighted by Crippen LogP contribution is -2.37. The van der Waals surface area contributed by atoms with E-state index >= 15 is 0 Å². The highest BCUT2D eigenvalue weighted by Gasteiger charge is 2.20. The van der Waals surface area contributed by atoms with Gasteiger partial charge in [0, 0.05) is 18.3 Å². The predicted molar refractivity (Wildman–Crippen MR) is 83.6 cm³/mol. The van der Waals surface area contributed by atoms with Gasteiger partial charge in [0.25, 0.3) is 0 Å². The number of anilines is 2. The Balaban J connectivity index is 3.14. The van der Waals surface area contributed by atoms with E-state index in [1.165, 1.54) is 6.07 Å². The number of hydrogen-bond acceptors (Lipinski definition) is 4. The lowest BCUT2D eigenvalue weighted by atomic mass is 10.0. The lowest BCUT2D eigenvalue weighted by Gasteiger charge is -2.27. The second-order valence-electron chi connectivity index (χ2n) is 5.49. The summed E-state index contributed by atoms with van der Waals surface area (Å²) in [6.45, 7) is 4.93. The number of nitrogens with zero attached hydrogens (tertiary/aromatic N) is 1. The van der Waals surface area contributed by atoms with Crippen LogP contribution in [0.5, 0.6) is 0 Å². The van der Waals surface area contributed by atoms with Crippen LogP contribution in [-0.2, 0) is 0 Å². The molecule has 20 heavy (non-hydrogen) atoms. The van der Waals surface area contributed by atoms with Crippen LogP contribution >= 0.6 is 11.6 Å². The number of nitrogen functional groups attached to an aromatic ring is 1. The van der Waals surface area contributed by atoms with Crippen molar-refractivity contribution in [2.75, 3.05) is 31.7 Å². The fourth-order valence-corrected chi connectivity index (χ4v) is 2.23. The number of carboxylic acid groups (broad SMARTS) is 1. The van der Waals surface area contributed by atoms with E-state index in [9.17, 15) is 9.90 Å². The molecule has 0 aliphatic carbocycles. The van der Waals surface area contributed by atoms with Crippen molar-refractivity contribution >= 4 is 28.9 Å². The molecule has 0 spiro atoms. The predicted octanol–water partition coefficient (Wildman–Crippen LogP) is 2.62. The summed E-state index contributed by atoms with van der Waals surface area (Å²) in [5, 5.41) is 12.9. The topological polar surface area (TPSA) is 78.6 Å². The SMILES string of the molecule is CC(C)C(CN(C)C)Nc1c(Cl)cc(N)cc1C(=O)O. The average molecular weight is 300 g/mol. The van der Waals surface area contributed by atoms with Crippen LogP contribution in [0.25, 0.3) is 0 Å². The number of rotatable bonds is 6. The number of aromatic carboxylic acids is 1. The van der Waals surface area contributed by atoms with E-state index in [1.807, 2.05) is 19.0 Å². The molecule has 1 aromatic carbocycles. The van der Waals surface area contributed by atoms with Crippen molar-refractivity contribution in [2.45, 2.75) is 19.9 Å². The van der Waals surface area contributed by atoms with Crippen LogP contribution in [-0.4, -0.2) is 42.7 Å². The van der Waals surface area contributed by atoms with Gasteiger partial charge >= 0.3 is 5.97 Å². The maximum Gasteiger partial charge on any atom is 0.337 e. The highest BCUT2D eigenvalue weighted by atomic mass is 35.5. The highest BCUT2D eigenvalue weighted by molar-refractivity contribution is 6.34. The van der Waals surface area contributed by atoms with Crippen molar-refractivity contribution in [1.29, 1.82) is 0 Å². The third kappa shape index (κ3) is 4.28. The first-order valence-corrected chi connectivity index (χ1v) is 6.83. The fraction of sp³-hybridized carbons (Fsp3) is 0.500. The molecule has 0 aromatic heterocycles. The molecule has 1 unspecified atom stereocenters. The second-order valence-corrected chi connectivity index (χ2v) is 5.89. The Morgan fingerprint density at radius 2 is 2.05 bits per heavy atom. The Hall–Kier alpha value is -1.46. The average Bonchev–Trinajstić information content (AvgIpc) is 2.29. The van der Waals surface area contributed by atoms with E-state index in [-0.39, 0.29) is 11.6 Å². The van der Waals surface area contributed by atoms with E-state index in [4.69, 9.17) is 17.3 Å². The molecule has 0 amide bonds. The van der Waals surface area contributed by atoms with Gasteiger partial charge in [-0.2, -0.15) is 0 Å². The molecule has 4 N–H and O–H groups in total. The number of likely N-dealkylation sites (N-methyl/N-ethyl adjacent to an activating group) is 1. The van der Waals surface area contributed by atoms with Gasteiger partial charge in [-0.15, -0.1) is 0 Å². The summed E-state index contributed by atoms with van der Waals surface area (Å²) in [5.41, 5.74) is 6.51. The molecule has 1 atom stereocenters. The van der Waals surface area contributed by atoms with E-state index in [0.29, 0.717) is 22.3 Å². The molecule has 0 aliphatic rings. The number of benzene rings is 1. The van der Waals surface area contributed by atoms with E-state index in [0.717, 1.165) is 6.54 Å². The molecule has 6 heteroatoms. The zero-order chi connectivity index (χ0) is 15.4. The molecule has 0 bridgehead atoms. The lowest BCUT2D eigenvalue weighted by molar-refractivity contribution is 0.0698. The molecule has 0 aliphatic heterocycles. The Labute approximate surface area is 124 Å². The van der Waals surface area contributed by atoms with Gasteiger partial charge in [0.1, 0.15) is 0 Å². The molecule has 0 heterocycles. The third-order valence-corrected chi connectivity index (χ3v) is 3.34. The zero-order valence-corrected chi connectivity index (χ0v) is 13.0. The zero-order valence-electron chi connectivity index (χ0n) is 12.3. The number of carbonyl (C=O) groups is 1. The molecule has 1 aromatic rings. The fourth-order valence-electron chi connectivity index (χ4n) is 1.94. The highest BCUT2D eigenvalue weighted by Crippen LogP contribution is 2.30. The number of hydrogen-bond donors (Lipinski definition) is 3. The molecule has 1 rings (SSSR count). The van der Waals surface area contributed by atoms with E-state index in [1.54, 1.807) is 6.07 Å². The van der Waals surface area contributed by atoms with Crippen LogP contribution in [0.3, 0.4) is 0 Å². The second kappa shape index (κ2) is 6.81. The Kier molecular flexibility index (Phi) is 5.65. The first kappa shape index (κ1) is 16.6. The van der Waals surface area contributed by atoms with Crippen molar-refractivity contribution in [1.82, 2.24) is 4.90 Å². The molecule has 0 radical (unpaired) electrons. The quantitative estimate of drug-likeness (QED) is 0.704. The van der Waals surface area contributed by atoms with Gasteiger partial charge in [-0.1, -0.05) is 25.4 Å². The molecule has 0 fully saturated rings. The van der Waals surface area contributed by atoms with Gasteiger partial charge in [-0.05, 0) is 32.1 Å². The molecule has 0 saturated heterocycles. The summed E-state index contributed by atoms with van der Waals surface area (Å²) >= 11 is 6.14. The van der Waals surface area contributed by atoms with Gasteiger partial charge in [0.15, 0.2) is 0 Å². The summed E-state index contributed by atoms with van der Waals surface area (Å²) in [6, 6.07) is 3.07. The van der Waals surface area contributed by atoms with E-state index < -0.39 is 5.97 Å². The van der Waals surface area contributed by atoms with Crippen molar-refractivity contribution < 1.29 is 9.90 Å². The third-order valence-electron chi connectivity index (χ3n) is 3.04. The number of nitrogens with one attached hydrogen (secondary N) is 1. The molecular weight excluding hydrogens is 278 g/mol. The molecule has 0 saturated carbocycles. The standard InChI is InChI=1S/C14H22ClN3O2/c1-8(2)12(7-18(3)4)17-13-10(14(19)20)5-9(16)6-11(13)15/h5-6,8,12,17H,7,16H2,1-4H3,(H,19,20). The van der Waals surface area contributed by atoms with Gasteiger partial charge in [0.2, 0.25) is 0 Å². The maximum absolute atomic E-state index is 11.3. The van der Waals surface area contributed by atoms with Crippen molar-refractivity contribution in [3.05, 3.63) is 22.7 Å². The summed E-state index contributed by atoms with van der Waals surface area (Å²) < 4.78 is 0. The first-order valence-electron chi connectivity index (χ1n) is 6.46. The largest absolute Gasteiger partial charge is 0.478 e. The van der Waals surface area contributed by atoms with Gasteiger partial charge in [0.05, 0.1) is 16.3 Å². The Morgan fingerprint density at radius 1 is 1.45 bits per heavy atom. The van der Waals surface area contributed by atoms with Gasteiger partial charge in [-0.25, -0.2) is 4.79 Å². The summed E-state index contributed by atoms with van der Waals surface area (Å²) in [5.74, 6) is -0.721. The van der Waals surface area contributed by atoms with Crippen molar-refractivity contribution in [3.8, 4) is 0 Å². The monoisotopic (exact) mass is 299 g/mol. The minimum absolute atomic E-state index is 0.0872. The summed E-state index contributed by atoms with van der Waals surface area (Å²) in [4.78, 5) is 13.4. The van der Waals surface area contributed by atoms with Gasteiger partial charge in [-0.3, -0.25) is 0 Å². The van der Waals surface area contributed by atoms with Crippen LogP contribution in [0.4, 0.5) is 11.4 Å². The number of halogens is 1. The molecule has 112 valence electrons. The van der Waals surface area contributed by atoms with Gasteiger partial charge < -0.3 is 21.1 Å². The summed E-state index contributed by atoms with van der Waals surface area (Å²) in [6.07, 6.45) is 0. The van der Waals surface area contributed by atoms with E-state index in [2.05, 4.69) is 19.2 Å². The molecule has 5 nitrogen and oxygen atoms in total. The normalized spacial score (nSPS) is 12.8. The van der Waals surface area contributed by atoms with Crippen molar-refractivity contribution in [3.63, 3.8) is 0 Å². The van der Waals surface area contributed by atoms with Crippen LogP contribution in [0.15, 0.2) is 12.1 Å². The van der Waals surface area contributed by atoms with Crippen LogP contribution in [0.2, 0.25) is 5.02 Å². The van der Waals surface area contributed by atoms with Crippen molar-refractivity contribution in [2.24, 2.45) is 5.92 Å². The first-order chi connectivity index (χ1) is 9.22. The Bertz CT molecular complexity index is 490. The minimum Gasteiger partial charge on any atom is -0.478 e. The number of carboxylic acids is 1. The van der Waals surface area contributed by atoms with Crippen LogP contribution < -0.4 is 11.1 Å².